The van der Waals surface area contributed by atoms with Gasteiger partial charge in [-0.3, -0.25) is 24.3 Å². The SMILES string of the molecule is O=C(Cn1cnc2sccc2c1=O)NCCNc1ccc([N+](=O)[O-])cc1. The summed E-state index contributed by atoms with van der Waals surface area (Å²) in [6, 6.07) is 7.70. The molecule has 0 atom stereocenters. The standard InChI is InChI=1S/C16H15N5O4S/c22-14(9-20-10-19-15-13(16(20)23)5-8-26-15)18-7-6-17-11-1-3-12(4-2-11)21(24)25/h1-5,8,10,17H,6-7,9H2,(H,18,22). The molecule has 1 amide bonds. The molecule has 3 aromatic rings. The second-order valence-electron chi connectivity index (χ2n) is 5.40. The molecule has 3 rings (SSSR count). The molecular formula is C16H15N5O4S. The van der Waals surface area contributed by atoms with Crippen LogP contribution >= 0.6 is 11.3 Å². The second kappa shape index (κ2) is 7.74. The van der Waals surface area contributed by atoms with Crippen LogP contribution in [0.1, 0.15) is 0 Å². The molecule has 134 valence electrons. The number of hydrogen-bond donors (Lipinski definition) is 2. The topological polar surface area (TPSA) is 119 Å². The second-order valence-corrected chi connectivity index (χ2v) is 6.29. The lowest BCUT2D eigenvalue weighted by atomic mass is 10.3. The van der Waals surface area contributed by atoms with Gasteiger partial charge < -0.3 is 10.6 Å². The van der Waals surface area contributed by atoms with Crippen molar-refractivity contribution in [1.29, 1.82) is 0 Å². The molecule has 0 saturated heterocycles. The normalized spacial score (nSPS) is 10.6. The minimum atomic E-state index is -0.464. The van der Waals surface area contributed by atoms with E-state index >= 15 is 0 Å². The molecule has 1 aromatic carbocycles. The summed E-state index contributed by atoms with van der Waals surface area (Å²) in [5.41, 5.74) is 0.495. The highest BCUT2D eigenvalue weighted by atomic mass is 32.1. The van der Waals surface area contributed by atoms with E-state index in [0.29, 0.717) is 29.0 Å². The minimum absolute atomic E-state index is 0.0190. The number of thiophene rings is 1. The summed E-state index contributed by atoms with van der Waals surface area (Å²) in [7, 11) is 0. The van der Waals surface area contributed by atoms with E-state index in [9.17, 15) is 19.7 Å². The van der Waals surface area contributed by atoms with Crippen LogP contribution in [0.15, 0.2) is 46.8 Å². The number of aromatic nitrogens is 2. The van der Waals surface area contributed by atoms with Gasteiger partial charge in [-0.05, 0) is 23.6 Å². The lowest BCUT2D eigenvalue weighted by Crippen LogP contribution is -2.34. The maximum absolute atomic E-state index is 12.2. The average Bonchev–Trinajstić information content (AvgIpc) is 3.11. The molecule has 10 heteroatoms. The number of rotatable bonds is 7. The predicted molar refractivity (Wildman–Crippen MR) is 98.5 cm³/mol. The number of anilines is 1. The van der Waals surface area contributed by atoms with Crippen molar-refractivity contribution < 1.29 is 9.72 Å². The van der Waals surface area contributed by atoms with Gasteiger partial charge in [0.2, 0.25) is 5.91 Å². The van der Waals surface area contributed by atoms with Gasteiger partial charge in [0.05, 0.1) is 16.6 Å². The molecule has 26 heavy (non-hydrogen) atoms. The Hall–Kier alpha value is -3.27. The monoisotopic (exact) mass is 373 g/mol. The number of fused-ring (bicyclic) bond motifs is 1. The Morgan fingerprint density at radius 3 is 2.73 bits per heavy atom. The summed E-state index contributed by atoms with van der Waals surface area (Å²) in [5.74, 6) is -0.297. The Balaban J connectivity index is 1.47. The largest absolute Gasteiger partial charge is 0.383 e. The molecule has 2 aromatic heterocycles. The summed E-state index contributed by atoms with van der Waals surface area (Å²) in [4.78, 5) is 39.1. The van der Waals surface area contributed by atoms with Gasteiger partial charge in [0.15, 0.2) is 0 Å². The van der Waals surface area contributed by atoms with Crippen molar-refractivity contribution in [2.75, 3.05) is 18.4 Å². The van der Waals surface area contributed by atoms with Crippen LogP contribution in [0.4, 0.5) is 11.4 Å². The van der Waals surface area contributed by atoms with E-state index in [1.54, 1.807) is 23.6 Å². The molecular weight excluding hydrogens is 358 g/mol. The van der Waals surface area contributed by atoms with E-state index in [2.05, 4.69) is 15.6 Å². The van der Waals surface area contributed by atoms with E-state index in [1.165, 1.54) is 34.4 Å². The van der Waals surface area contributed by atoms with Crippen LogP contribution < -0.4 is 16.2 Å². The Kier molecular flexibility index (Phi) is 5.23. The zero-order valence-electron chi connectivity index (χ0n) is 13.5. The third-order valence-corrected chi connectivity index (χ3v) is 4.44. The maximum atomic E-state index is 12.2. The van der Waals surface area contributed by atoms with Crippen molar-refractivity contribution in [2.24, 2.45) is 0 Å². The van der Waals surface area contributed by atoms with Crippen LogP contribution in [0.25, 0.3) is 10.2 Å². The molecule has 0 saturated carbocycles. The summed E-state index contributed by atoms with van der Waals surface area (Å²) in [6.07, 6.45) is 1.37. The van der Waals surface area contributed by atoms with Gasteiger partial charge in [0.1, 0.15) is 11.4 Å². The zero-order valence-corrected chi connectivity index (χ0v) is 14.4. The number of amides is 1. The first-order valence-electron chi connectivity index (χ1n) is 7.72. The summed E-state index contributed by atoms with van der Waals surface area (Å²) in [6.45, 7) is 0.689. The number of nitro groups is 1. The third-order valence-electron chi connectivity index (χ3n) is 3.62. The lowest BCUT2D eigenvalue weighted by molar-refractivity contribution is -0.384. The summed E-state index contributed by atoms with van der Waals surface area (Å²) in [5, 5.41) is 18.6. The van der Waals surface area contributed by atoms with E-state index in [4.69, 9.17) is 0 Å². The Morgan fingerprint density at radius 1 is 1.23 bits per heavy atom. The molecule has 0 radical (unpaired) electrons. The Morgan fingerprint density at radius 2 is 2.00 bits per heavy atom. The number of benzene rings is 1. The highest BCUT2D eigenvalue weighted by molar-refractivity contribution is 7.16. The fraction of sp³-hybridized carbons (Fsp3) is 0.188. The Labute approximate surface area is 151 Å². The first kappa shape index (κ1) is 17.5. The van der Waals surface area contributed by atoms with Crippen molar-refractivity contribution in [2.45, 2.75) is 6.54 Å². The van der Waals surface area contributed by atoms with E-state index in [-0.39, 0.29) is 23.7 Å². The van der Waals surface area contributed by atoms with Crippen molar-refractivity contribution in [1.82, 2.24) is 14.9 Å². The van der Waals surface area contributed by atoms with Crippen molar-refractivity contribution in [3.8, 4) is 0 Å². The Bertz CT molecular complexity index is 996. The first-order valence-corrected chi connectivity index (χ1v) is 8.60. The molecule has 2 heterocycles. The van der Waals surface area contributed by atoms with Crippen LogP contribution in [-0.2, 0) is 11.3 Å². The third kappa shape index (κ3) is 4.03. The molecule has 0 aliphatic carbocycles. The molecule has 0 aliphatic rings. The number of non-ortho nitro benzene ring substituents is 1. The number of nitrogens with one attached hydrogen (secondary N) is 2. The van der Waals surface area contributed by atoms with Crippen molar-refractivity contribution in [3.05, 3.63) is 62.5 Å². The van der Waals surface area contributed by atoms with Gasteiger partial charge >= 0.3 is 0 Å². The van der Waals surface area contributed by atoms with Crippen molar-refractivity contribution >= 4 is 38.8 Å². The molecule has 0 aliphatic heterocycles. The number of carbonyl (C=O) groups is 1. The maximum Gasteiger partial charge on any atom is 0.269 e. The molecule has 0 spiro atoms. The van der Waals surface area contributed by atoms with E-state index in [1.807, 2.05) is 0 Å². The zero-order chi connectivity index (χ0) is 18.5. The number of carbonyl (C=O) groups excluding carboxylic acids is 1. The predicted octanol–water partition coefficient (Wildman–Crippen LogP) is 1.59. The van der Waals surface area contributed by atoms with Gasteiger partial charge in [-0.25, -0.2) is 4.98 Å². The fourth-order valence-corrected chi connectivity index (χ4v) is 3.05. The highest BCUT2D eigenvalue weighted by Gasteiger charge is 2.08. The summed E-state index contributed by atoms with van der Waals surface area (Å²) >= 11 is 1.38. The van der Waals surface area contributed by atoms with E-state index in [0.717, 1.165) is 0 Å². The smallest absolute Gasteiger partial charge is 0.269 e. The van der Waals surface area contributed by atoms with Crippen LogP contribution in [-0.4, -0.2) is 33.5 Å². The van der Waals surface area contributed by atoms with E-state index < -0.39 is 4.92 Å². The lowest BCUT2D eigenvalue weighted by Gasteiger charge is -2.09. The van der Waals surface area contributed by atoms with Crippen LogP contribution in [0, 0.1) is 10.1 Å². The van der Waals surface area contributed by atoms with Crippen LogP contribution in [0.3, 0.4) is 0 Å². The highest BCUT2D eigenvalue weighted by Crippen LogP contribution is 2.15. The van der Waals surface area contributed by atoms with Gasteiger partial charge in [-0.1, -0.05) is 0 Å². The van der Waals surface area contributed by atoms with Gasteiger partial charge in [-0.2, -0.15) is 0 Å². The molecule has 9 nitrogen and oxygen atoms in total. The summed E-state index contributed by atoms with van der Waals surface area (Å²) < 4.78 is 1.27. The van der Waals surface area contributed by atoms with Gasteiger partial charge in [-0.15, -0.1) is 11.3 Å². The van der Waals surface area contributed by atoms with Crippen LogP contribution in [0.5, 0.6) is 0 Å². The number of nitro benzene ring substituents is 1. The number of hydrogen-bond acceptors (Lipinski definition) is 7. The molecule has 0 fully saturated rings. The fourth-order valence-electron chi connectivity index (χ4n) is 2.33. The van der Waals surface area contributed by atoms with Crippen molar-refractivity contribution in [3.63, 3.8) is 0 Å². The number of nitrogens with zero attached hydrogens (tertiary/aromatic N) is 3. The average molecular weight is 373 g/mol. The van der Waals surface area contributed by atoms with Gasteiger partial charge in [0.25, 0.3) is 11.2 Å². The molecule has 0 unspecified atom stereocenters. The van der Waals surface area contributed by atoms with Gasteiger partial charge in [0, 0.05) is 30.9 Å². The minimum Gasteiger partial charge on any atom is -0.383 e. The first-order chi connectivity index (χ1) is 12.5. The quantitative estimate of drug-likeness (QED) is 0.369. The molecule has 2 N–H and O–H groups in total. The van der Waals surface area contributed by atoms with Crippen LogP contribution in [0.2, 0.25) is 0 Å². The molecule has 0 bridgehead atoms.